The first kappa shape index (κ1) is 19.7. The van der Waals surface area contributed by atoms with Gasteiger partial charge in [0.25, 0.3) is 5.91 Å². The lowest BCUT2D eigenvalue weighted by Crippen LogP contribution is -2.29. The van der Waals surface area contributed by atoms with Gasteiger partial charge in [-0.25, -0.2) is 0 Å². The van der Waals surface area contributed by atoms with E-state index in [9.17, 15) is 9.59 Å². The van der Waals surface area contributed by atoms with Gasteiger partial charge in [-0.15, -0.1) is 0 Å². The topological polar surface area (TPSA) is 58.6 Å². The molecule has 0 bridgehead atoms. The van der Waals surface area contributed by atoms with Gasteiger partial charge in [0.05, 0.1) is 6.04 Å². The third kappa shape index (κ3) is 5.43. The van der Waals surface area contributed by atoms with Crippen LogP contribution in [-0.4, -0.2) is 37.5 Å². The predicted molar refractivity (Wildman–Crippen MR) is 103 cm³/mol. The Morgan fingerprint density at radius 2 is 1.85 bits per heavy atom. The summed E-state index contributed by atoms with van der Waals surface area (Å²) in [5, 5.41) is 2.90. The van der Waals surface area contributed by atoms with Gasteiger partial charge in [-0.05, 0) is 43.2 Å². The van der Waals surface area contributed by atoms with E-state index in [1.807, 2.05) is 49.4 Å². The Kier molecular flexibility index (Phi) is 7.36. The quantitative estimate of drug-likeness (QED) is 0.732. The van der Waals surface area contributed by atoms with Crippen molar-refractivity contribution in [2.24, 2.45) is 0 Å². The molecule has 0 fully saturated rings. The van der Waals surface area contributed by atoms with Crippen LogP contribution in [-0.2, 0) is 9.53 Å². The highest BCUT2D eigenvalue weighted by Gasteiger charge is 2.17. The first-order chi connectivity index (χ1) is 12.5. The van der Waals surface area contributed by atoms with Crippen molar-refractivity contribution < 1.29 is 14.3 Å². The van der Waals surface area contributed by atoms with Crippen LogP contribution in [0.3, 0.4) is 0 Å². The standard InChI is InChI=1S/C21H26N2O3/c1-16(23(2)20(24)13-8-14-26-3)18-11-7-12-19(15-18)22-21(25)17-9-5-4-6-10-17/h4-7,9-12,15-16H,8,13-14H2,1-3H3,(H,22,25)/t16-/m1/s1. The zero-order chi connectivity index (χ0) is 18.9. The number of methoxy groups -OCH3 is 1. The summed E-state index contributed by atoms with van der Waals surface area (Å²) in [6, 6.07) is 16.6. The van der Waals surface area contributed by atoms with Crippen molar-refractivity contribution in [1.29, 1.82) is 0 Å². The fourth-order valence-corrected chi connectivity index (χ4v) is 2.65. The smallest absolute Gasteiger partial charge is 0.255 e. The second kappa shape index (κ2) is 9.73. The predicted octanol–water partition coefficient (Wildman–Crippen LogP) is 3.88. The average molecular weight is 354 g/mol. The molecule has 0 unspecified atom stereocenters. The Morgan fingerprint density at radius 1 is 1.12 bits per heavy atom. The maximum absolute atomic E-state index is 12.3. The number of nitrogens with zero attached hydrogens (tertiary/aromatic N) is 1. The van der Waals surface area contributed by atoms with Crippen molar-refractivity contribution >= 4 is 17.5 Å². The van der Waals surface area contributed by atoms with E-state index in [2.05, 4.69) is 5.32 Å². The molecule has 0 aromatic heterocycles. The summed E-state index contributed by atoms with van der Waals surface area (Å²) in [6.07, 6.45) is 1.17. The van der Waals surface area contributed by atoms with E-state index in [0.717, 1.165) is 5.56 Å². The minimum atomic E-state index is -0.153. The van der Waals surface area contributed by atoms with Crippen LogP contribution in [0.4, 0.5) is 5.69 Å². The van der Waals surface area contributed by atoms with Gasteiger partial charge < -0.3 is 15.0 Å². The van der Waals surface area contributed by atoms with Gasteiger partial charge in [0.15, 0.2) is 0 Å². The normalized spacial score (nSPS) is 11.7. The second-order valence-electron chi connectivity index (χ2n) is 6.22. The number of carbonyl (C=O) groups excluding carboxylic acids is 2. The third-order valence-corrected chi connectivity index (χ3v) is 4.38. The van der Waals surface area contributed by atoms with Crippen molar-refractivity contribution in [2.75, 3.05) is 26.1 Å². The van der Waals surface area contributed by atoms with E-state index >= 15 is 0 Å². The molecule has 2 aromatic carbocycles. The second-order valence-corrected chi connectivity index (χ2v) is 6.22. The largest absolute Gasteiger partial charge is 0.385 e. The van der Waals surface area contributed by atoms with Gasteiger partial charge in [-0.3, -0.25) is 9.59 Å². The Balaban J connectivity index is 2.03. The molecule has 5 nitrogen and oxygen atoms in total. The lowest BCUT2D eigenvalue weighted by molar-refractivity contribution is -0.132. The lowest BCUT2D eigenvalue weighted by atomic mass is 10.1. The number of amides is 2. The molecule has 0 heterocycles. The highest BCUT2D eigenvalue weighted by Crippen LogP contribution is 2.23. The SMILES string of the molecule is COCCCC(=O)N(C)[C@H](C)c1cccc(NC(=O)c2ccccc2)c1. The Labute approximate surface area is 155 Å². The molecule has 0 aliphatic rings. The molecule has 0 radical (unpaired) electrons. The van der Waals surface area contributed by atoms with Crippen molar-refractivity contribution in [3.05, 3.63) is 65.7 Å². The fourth-order valence-electron chi connectivity index (χ4n) is 2.65. The van der Waals surface area contributed by atoms with E-state index in [1.54, 1.807) is 31.2 Å². The number of hydrogen-bond acceptors (Lipinski definition) is 3. The summed E-state index contributed by atoms with van der Waals surface area (Å²) >= 11 is 0. The molecule has 2 aromatic rings. The van der Waals surface area contributed by atoms with E-state index in [1.165, 1.54) is 0 Å². The van der Waals surface area contributed by atoms with Crippen molar-refractivity contribution in [3.63, 3.8) is 0 Å². The number of nitrogens with one attached hydrogen (secondary N) is 1. The number of ether oxygens (including phenoxy) is 1. The van der Waals surface area contributed by atoms with E-state index in [-0.39, 0.29) is 17.9 Å². The minimum absolute atomic E-state index is 0.0771. The zero-order valence-corrected chi connectivity index (χ0v) is 15.6. The van der Waals surface area contributed by atoms with E-state index in [4.69, 9.17) is 4.74 Å². The maximum Gasteiger partial charge on any atom is 0.255 e. The molecular weight excluding hydrogens is 328 g/mol. The van der Waals surface area contributed by atoms with Crippen LogP contribution < -0.4 is 5.32 Å². The van der Waals surface area contributed by atoms with Gasteiger partial charge in [0.2, 0.25) is 5.91 Å². The monoisotopic (exact) mass is 354 g/mol. The van der Waals surface area contributed by atoms with Crippen LogP contribution >= 0.6 is 0 Å². The minimum Gasteiger partial charge on any atom is -0.385 e. The highest BCUT2D eigenvalue weighted by molar-refractivity contribution is 6.04. The Hall–Kier alpha value is -2.66. The number of hydrogen-bond donors (Lipinski definition) is 1. The number of rotatable bonds is 8. The number of benzene rings is 2. The van der Waals surface area contributed by atoms with Gasteiger partial charge in [0.1, 0.15) is 0 Å². The Bertz CT molecular complexity index is 731. The van der Waals surface area contributed by atoms with Crippen LogP contribution in [0.1, 0.15) is 41.7 Å². The highest BCUT2D eigenvalue weighted by atomic mass is 16.5. The molecule has 0 aliphatic carbocycles. The van der Waals surface area contributed by atoms with Crippen molar-refractivity contribution in [1.82, 2.24) is 4.90 Å². The fraction of sp³-hybridized carbons (Fsp3) is 0.333. The summed E-state index contributed by atoms with van der Waals surface area (Å²) in [5.41, 5.74) is 2.29. The summed E-state index contributed by atoms with van der Waals surface area (Å²) in [4.78, 5) is 26.3. The molecule has 2 amide bonds. The first-order valence-corrected chi connectivity index (χ1v) is 8.74. The van der Waals surface area contributed by atoms with Gasteiger partial charge in [-0.1, -0.05) is 30.3 Å². The maximum atomic E-state index is 12.3. The molecule has 1 atom stereocenters. The molecule has 0 saturated carbocycles. The van der Waals surface area contributed by atoms with Crippen molar-refractivity contribution in [2.45, 2.75) is 25.8 Å². The molecule has 1 N–H and O–H groups in total. The van der Waals surface area contributed by atoms with Crippen molar-refractivity contribution in [3.8, 4) is 0 Å². The van der Waals surface area contributed by atoms with E-state index in [0.29, 0.717) is 30.7 Å². The van der Waals surface area contributed by atoms with E-state index < -0.39 is 0 Å². The molecule has 5 heteroatoms. The van der Waals surface area contributed by atoms with Crippen LogP contribution in [0.5, 0.6) is 0 Å². The third-order valence-electron chi connectivity index (χ3n) is 4.38. The lowest BCUT2D eigenvalue weighted by Gasteiger charge is -2.26. The molecule has 0 spiro atoms. The molecule has 0 saturated heterocycles. The molecule has 138 valence electrons. The molecule has 0 aliphatic heterocycles. The number of anilines is 1. The Morgan fingerprint density at radius 3 is 2.54 bits per heavy atom. The zero-order valence-electron chi connectivity index (χ0n) is 15.6. The number of carbonyl (C=O) groups is 2. The summed E-state index contributed by atoms with van der Waals surface area (Å²) < 4.78 is 5.00. The molecular formula is C21H26N2O3. The summed E-state index contributed by atoms with van der Waals surface area (Å²) in [7, 11) is 3.43. The first-order valence-electron chi connectivity index (χ1n) is 8.74. The molecule has 2 rings (SSSR count). The van der Waals surface area contributed by atoms with Crippen LogP contribution in [0.25, 0.3) is 0 Å². The summed E-state index contributed by atoms with van der Waals surface area (Å²) in [5.74, 6) is -0.0762. The van der Waals surface area contributed by atoms with Gasteiger partial charge in [-0.2, -0.15) is 0 Å². The average Bonchev–Trinajstić information content (AvgIpc) is 2.67. The van der Waals surface area contributed by atoms with Crippen LogP contribution in [0.15, 0.2) is 54.6 Å². The van der Waals surface area contributed by atoms with Crippen LogP contribution in [0.2, 0.25) is 0 Å². The van der Waals surface area contributed by atoms with Gasteiger partial charge >= 0.3 is 0 Å². The summed E-state index contributed by atoms with van der Waals surface area (Å²) in [6.45, 7) is 2.56. The van der Waals surface area contributed by atoms with Gasteiger partial charge in [0, 0.05) is 38.4 Å². The van der Waals surface area contributed by atoms with Crippen LogP contribution in [0, 0.1) is 0 Å². The molecule has 26 heavy (non-hydrogen) atoms.